The van der Waals surface area contributed by atoms with Gasteiger partial charge in [-0.15, -0.1) is 0 Å². The first kappa shape index (κ1) is 23.1. The fourth-order valence-corrected chi connectivity index (χ4v) is 3.69. The molecular formula is C24H29N3O5. The van der Waals surface area contributed by atoms with Gasteiger partial charge in [-0.3, -0.25) is 14.4 Å². The molecule has 2 aromatic rings. The highest BCUT2D eigenvalue weighted by atomic mass is 16.5. The molecule has 1 aliphatic heterocycles. The van der Waals surface area contributed by atoms with Gasteiger partial charge in [-0.2, -0.15) is 0 Å². The molecule has 0 bridgehead atoms. The summed E-state index contributed by atoms with van der Waals surface area (Å²) in [6.45, 7) is 3.75. The second-order valence-corrected chi connectivity index (χ2v) is 7.82. The van der Waals surface area contributed by atoms with Gasteiger partial charge in [0.1, 0.15) is 6.04 Å². The summed E-state index contributed by atoms with van der Waals surface area (Å²) in [5.41, 5.74) is 1.61. The van der Waals surface area contributed by atoms with E-state index in [1.54, 1.807) is 30.0 Å². The molecule has 2 N–H and O–H groups in total. The molecule has 8 heteroatoms. The van der Waals surface area contributed by atoms with Crippen molar-refractivity contribution in [1.82, 2.24) is 10.6 Å². The van der Waals surface area contributed by atoms with E-state index in [-0.39, 0.29) is 36.7 Å². The van der Waals surface area contributed by atoms with Crippen LogP contribution < -0.4 is 25.0 Å². The van der Waals surface area contributed by atoms with E-state index in [0.717, 1.165) is 5.56 Å². The van der Waals surface area contributed by atoms with Gasteiger partial charge in [-0.25, -0.2) is 0 Å². The quantitative estimate of drug-likeness (QED) is 0.659. The van der Waals surface area contributed by atoms with E-state index in [2.05, 4.69) is 10.6 Å². The first-order valence-electron chi connectivity index (χ1n) is 10.5. The van der Waals surface area contributed by atoms with E-state index in [4.69, 9.17) is 9.47 Å². The Hall–Kier alpha value is -3.55. The standard InChI is InChI=1S/C24H29N3O5/c1-15(17-8-6-5-7-9-17)25-23(29)16(2)26-24(30)18-12-22(28)27(14-18)19-10-11-20(31-3)21(13-19)32-4/h5-11,13,15-16,18H,12,14H2,1-4H3,(H,25,29)(H,26,30). The first-order valence-corrected chi connectivity index (χ1v) is 10.5. The molecular weight excluding hydrogens is 410 g/mol. The van der Waals surface area contributed by atoms with Gasteiger partial charge in [0.05, 0.1) is 26.2 Å². The van der Waals surface area contributed by atoms with Gasteiger partial charge in [0.15, 0.2) is 11.5 Å². The summed E-state index contributed by atoms with van der Waals surface area (Å²) in [7, 11) is 3.06. The van der Waals surface area contributed by atoms with Crippen molar-refractivity contribution in [3.05, 3.63) is 54.1 Å². The van der Waals surface area contributed by atoms with Crippen molar-refractivity contribution in [1.29, 1.82) is 0 Å². The molecule has 32 heavy (non-hydrogen) atoms. The third-order valence-electron chi connectivity index (χ3n) is 5.59. The topological polar surface area (TPSA) is 97.0 Å². The molecule has 3 unspecified atom stereocenters. The smallest absolute Gasteiger partial charge is 0.242 e. The number of amides is 3. The maximum Gasteiger partial charge on any atom is 0.242 e. The van der Waals surface area contributed by atoms with Crippen LogP contribution in [0.2, 0.25) is 0 Å². The largest absolute Gasteiger partial charge is 0.493 e. The lowest BCUT2D eigenvalue weighted by Crippen LogP contribution is -2.47. The summed E-state index contributed by atoms with van der Waals surface area (Å²) < 4.78 is 10.5. The molecule has 0 spiro atoms. The van der Waals surface area contributed by atoms with E-state index in [9.17, 15) is 14.4 Å². The van der Waals surface area contributed by atoms with Crippen LogP contribution in [0.25, 0.3) is 0 Å². The van der Waals surface area contributed by atoms with Gasteiger partial charge in [0.25, 0.3) is 0 Å². The van der Waals surface area contributed by atoms with Gasteiger partial charge in [0.2, 0.25) is 17.7 Å². The molecule has 2 aromatic carbocycles. The molecule has 3 atom stereocenters. The van der Waals surface area contributed by atoms with Crippen molar-refractivity contribution >= 4 is 23.4 Å². The zero-order chi connectivity index (χ0) is 23.3. The van der Waals surface area contributed by atoms with Crippen LogP contribution in [0.15, 0.2) is 48.5 Å². The predicted octanol–water partition coefficient (Wildman–Crippen LogP) is 2.44. The summed E-state index contributed by atoms with van der Waals surface area (Å²) >= 11 is 0. The number of hydrogen-bond donors (Lipinski definition) is 2. The van der Waals surface area contributed by atoms with Gasteiger partial charge in [0, 0.05) is 24.7 Å². The van der Waals surface area contributed by atoms with Crippen LogP contribution in [0.5, 0.6) is 11.5 Å². The average Bonchev–Trinajstić information content (AvgIpc) is 3.20. The highest BCUT2D eigenvalue weighted by Gasteiger charge is 2.36. The molecule has 0 aromatic heterocycles. The number of carbonyl (C=O) groups is 3. The van der Waals surface area contributed by atoms with Gasteiger partial charge < -0.3 is 25.0 Å². The molecule has 3 amide bonds. The van der Waals surface area contributed by atoms with E-state index in [1.165, 1.54) is 14.2 Å². The summed E-state index contributed by atoms with van der Waals surface area (Å²) in [5.74, 6) is -0.248. The molecule has 0 aliphatic carbocycles. The van der Waals surface area contributed by atoms with Crippen LogP contribution in [0.3, 0.4) is 0 Å². The SMILES string of the molecule is COc1ccc(N2CC(C(=O)NC(C)C(=O)NC(C)c3ccccc3)CC2=O)cc1OC. The lowest BCUT2D eigenvalue weighted by atomic mass is 10.1. The molecule has 1 aliphatic rings. The van der Waals surface area contributed by atoms with Gasteiger partial charge >= 0.3 is 0 Å². The maximum atomic E-state index is 12.7. The Kier molecular flexibility index (Phi) is 7.35. The number of nitrogens with zero attached hydrogens (tertiary/aromatic N) is 1. The number of nitrogens with one attached hydrogen (secondary N) is 2. The molecule has 1 heterocycles. The maximum absolute atomic E-state index is 12.7. The number of ether oxygens (including phenoxy) is 2. The molecule has 8 nitrogen and oxygen atoms in total. The highest BCUT2D eigenvalue weighted by molar-refractivity contribution is 6.01. The average molecular weight is 440 g/mol. The zero-order valence-electron chi connectivity index (χ0n) is 18.8. The summed E-state index contributed by atoms with van der Waals surface area (Å²) in [6.07, 6.45) is 0.0783. The van der Waals surface area contributed by atoms with E-state index < -0.39 is 12.0 Å². The number of rotatable bonds is 8. The normalized spacial score (nSPS) is 17.4. The Morgan fingerprint density at radius 1 is 1.00 bits per heavy atom. The first-order chi connectivity index (χ1) is 15.3. The van der Waals surface area contributed by atoms with Crippen LogP contribution in [0.1, 0.15) is 31.9 Å². The van der Waals surface area contributed by atoms with Crippen molar-refractivity contribution in [3.8, 4) is 11.5 Å². The van der Waals surface area contributed by atoms with Gasteiger partial charge in [-0.1, -0.05) is 30.3 Å². The van der Waals surface area contributed by atoms with E-state index in [0.29, 0.717) is 17.2 Å². The minimum Gasteiger partial charge on any atom is -0.493 e. The third-order valence-corrected chi connectivity index (χ3v) is 5.59. The predicted molar refractivity (Wildman–Crippen MR) is 121 cm³/mol. The third kappa shape index (κ3) is 5.19. The van der Waals surface area contributed by atoms with Crippen molar-refractivity contribution < 1.29 is 23.9 Å². The monoisotopic (exact) mass is 439 g/mol. The summed E-state index contributed by atoms with van der Waals surface area (Å²) in [6, 6.07) is 13.9. The molecule has 1 saturated heterocycles. The lowest BCUT2D eigenvalue weighted by molar-refractivity contribution is -0.131. The van der Waals surface area contributed by atoms with Crippen molar-refractivity contribution in [2.24, 2.45) is 5.92 Å². The molecule has 0 saturated carbocycles. The Morgan fingerprint density at radius 3 is 2.34 bits per heavy atom. The van der Waals surface area contributed by atoms with E-state index in [1.807, 2.05) is 37.3 Å². The number of benzene rings is 2. The number of anilines is 1. The molecule has 170 valence electrons. The second kappa shape index (κ2) is 10.2. The van der Waals surface area contributed by atoms with Crippen molar-refractivity contribution in [2.45, 2.75) is 32.4 Å². The Balaban J connectivity index is 1.59. The molecule has 3 rings (SSSR count). The molecule has 0 radical (unpaired) electrons. The van der Waals surface area contributed by atoms with E-state index >= 15 is 0 Å². The number of hydrogen-bond acceptors (Lipinski definition) is 5. The highest BCUT2D eigenvalue weighted by Crippen LogP contribution is 2.34. The number of carbonyl (C=O) groups excluding carboxylic acids is 3. The fraction of sp³-hybridized carbons (Fsp3) is 0.375. The van der Waals surface area contributed by atoms with Crippen LogP contribution in [-0.2, 0) is 14.4 Å². The number of methoxy groups -OCH3 is 2. The summed E-state index contributed by atoms with van der Waals surface area (Å²) in [5, 5.41) is 5.64. The zero-order valence-corrected chi connectivity index (χ0v) is 18.8. The van der Waals surface area contributed by atoms with Crippen LogP contribution in [0, 0.1) is 5.92 Å². The Labute approximate surface area is 187 Å². The second-order valence-electron chi connectivity index (χ2n) is 7.82. The van der Waals surface area contributed by atoms with Gasteiger partial charge in [-0.05, 0) is 31.5 Å². The van der Waals surface area contributed by atoms with Crippen molar-refractivity contribution in [2.75, 3.05) is 25.7 Å². The molecule has 1 fully saturated rings. The Morgan fingerprint density at radius 2 is 1.69 bits per heavy atom. The van der Waals surface area contributed by atoms with Crippen LogP contribution in [0.4, 0.5) is 5.69 Å². The lowest BCUT2D eigenvalue weighted by Gasteiger charge is -2.21. The van der Waals surface area contributed by atoms with Crippen LogP contribution >= 0.6 is 0 Å². The fourth-order valence-electron chi connectivity index (χ4n) is 3.69. The van der Waals surface area contributed by atoms with Crippen molar-refractivity contribution in [3.63, 3.8) is 0 Å². The minimum absolute atomic E-state index is 0.0783. The summed E-state index contributed by atoms with van der Waals surface area (Å²) in [4.78, 5) is 39.4. The minimum atomic E-state index is -0.723. The van der Waals surface area contributed by atoms with Crippen LogP contribution in [-0.4, -0.2) is 44.5 Å². The Bertz CT molecular complexity index is 979.